The highest BCUT2D eigenvalue weighted by Crippen LogP contribution is 2.10. The molecule has 0 unspecified atom stereocenters. The smallest absolute Gasteiger partial charge is 0.187 e. The number of rotatable bonds is 6. The van der Waals surface area contributed by atoms with E-state index in [9.17, 15) is 0 Å². The molecule has 3 aromatic rings. The maximum Gasteiger partial charge on any atom is 0.187 e. The van der Waals surface area contributed by atoms with Gasteiger partial charge in [-0.1, -0.05) is 23.9 Å². The van der Waals surface area contributed by atoms with Crippen LogP contribution in [-0.2, 0) is 13.0 Å². The Labute approximate surface area is 127 Å². The first-order chi connectivity index (χ1) is 10.3. The molecule has 0 saturated heterocycles. The Morgan fingerprint density at radius 3 is 2.76 bits per heavy atom. The second kappa shape index (κ2) is 6.69. The van der Waals surface area contributed by atoms with Gasteiger partial charge in [-0.25, -0.2) is 15.0 Å². The molecule has 0 atom stereocenters. The maximum atomic E-state index is 4.56. The van der Waals surface area contributed by atoms with Gasteiger partial charge in [0.25, 0.3) is 0 Å². The van der Waals surface area contributed by atoms with Gasteiger partial charge in [-0.3, -0.25) is 0 Å². The van der Waals surface area contributed by atoms with Crippen LogP contribution in [0.2, 0.25) is 0 Å². The lowest BCUT2D eigenvalue weighted by Gasteiger charge is -2.03. The maximum absolute atomic E-state index is 4.56. The first-order valence-corrected chi connectivity index (χ1v) is 8.07. The molecule has 3 rings (SSSR count). The standard InChI is InChI=1S/C15H17N5S/c1-21-15-17-9-11(10-18-15)8-16-7-6-14-19-12-4-2-3-5-13(12)20-14/h2-5,9-10,16H,6-8H2,1H3,(H,19,20). The van der Waals surface area contributed by atoms with Crippen molar-refractivity contribution in [3.63, 3.8) is 0 Å². The minimum Gasteiger partial charge on any atom is -0.342 e. The van der Waals surface area contributed by atoms with Crippen LogP contribution < -0.4 is 5.32 Å². The Kier molecular flexibility index (Phi) is 4.47. The van der Waals surface area contributed by atoms with E-state index in [2.05, 4.69) is 25.3 Å². The first kappa shape index (κ1) is 14.0. The van der Waals surface area contributed by atoms with Crippen LogP contribution in [-0.4, -0.2) is 32.7 Å². The molecular formula is C15H17N5S. The van der Waals surface area contributed by atoms with Gasteiger partial charge >= 0.3 is 0 Å². The summed E-state index contributed by atoms with van der Waals surface area (Å²) in [5, 5.41) is 4.19. The molecule has 2 N–H and O–H groups in total. The van der Waals surface area contributed by atoms with Crippen molar-refractivity contribution >= 4 is 22.8 Å². The summed E-state index contributed by atoms with van der Waals surface area (Å²) in [5.41, 5.74) is 3.21. The van der Waals surface area contributed by atoms with E-state index in [0.717, 1.165) is 47.1 Å². The average molecular weight is 299 g/mol. The Hall–Kier alpha value is -1.92. The second-order valence-corrected chi connectivity index (χ2v) is 5.48. The van der Waals surface area contributed by atoms with Crippen LogP contribution in [0, 0.1) is 0 Å². The molecule has 21 heavy (non-hydrogen) atoms. The predicted molar refractivity (Wildman–Crippen MR) is 85.3 cm³/mol. The lowest BCUT2D eigenvalue weighted by atomic mass is 10.3. The topological polar surface area (TPSA) is 66.5 Å². The third-order valence-electron chi connectivity index (χ3n) is 3.17. The number of aromatic nitrogens is 4. The molecule has 0 fully saturated rings. The van der Waals surface area contributed by atoms with E-state index in [1.54, 1.807) is 11.8 Å². The predicted octanol–water partition coefficient (Wildman–Crippen LogP) is 2.41. The van der Waals surface area contributed by atoms with E-state index in [-0.39, 0.29) is 0 Å². The minimum atomic E-state index is 0.773. The highest BCUT2D eigenvalue weighted by atomic mass is 32.2. The molecule has 6 heteroatoms. The molecule has 108 valence electrons. The number of hydrogen-bond acceptors (Lipinski definition) is 5. The van der Waals surface area contributed by atoms with Crippen molar-refractivity contribution in [1.29, 1.82) is 0 Å². The van der Waals surface area contributed by atoms with Gasteiger partial charge in [-0.15, -0.1) is 0 Å². The van der Waals surface area contributed by atoms with Crippen molar-refractivity contribution in [3.8, 4) is 0 Å². The van der Waals surface area contributed by atoms with Crippen LogP contribution in [0.25, 0.3) is 11.0 Å². The molecule has 2 aromatic heterocycles. The van der Waals surface area contributed by atoms with Crippen molar-refractivity contribution in [1.82, 2.24) is 25.3 Å². The number of imidazole rings is 1. The molecule has 5 nitrogen and oxygen atoms in total. The molecule has 0 aliphatic carbocycles. The van der Waals surface area contributed by atoms with E-state index < -0.39 is 0 Å². The van der Waals surface area contributed by atoms with E-state index >= 15 is 0 Å². The third kappa shape index (κ3) is 3.59. The number of hydrogen-bond donors (Lipinski definition) is 2. The Morgan fingerprint density at radius 1 is 1.19 bits per heavy atom. The summed E-state index contributed by atoms with van der Waals surface area (Å²) in [4.78, 5) is 16.4. The quantitative estimate of drug-likeness (QED) is 0.416. The molecule has 0 aliphatic rings. The van der Waals surface area contributed by atoms with Crippen LogP contribution in [0.1, 0.15) is 11.4 Å². The van der Waals surface area contributed by atoms with Crippen molar-refractivity contribution < 1.29 is 0 Å². The van der Waals surface area contributed by atoms with Gasteiger partial charge in [-0.2, -0.15) is 0 Å². The highest BCUT2D eigenvalue weighted by Gasteiger charge is 2.01. The van der Waals surface area contributed by atoms with Gasteiger partial charge in [0.15, 0.2) is 5.16 Å². The molecule has 0 spiro atoms. The van der Waals surface area contributed by atoms with Gasteiger partial charge < -0.3 is 10.3 Å². The van der Waals surface area contributed by atoms with Gasteiger partial charge in [0.2, 0.25) is 0 Å². The zero-order valence-electron chi connectivity index (χ0n) is 11.8. The number of aromatic amines is 1. The normalized spacial score (nSPS) is 11.1. The molecule has 0 aliphatic heterocycles. The Morgan fingerprint density at radius 2 is 2.00 bits per heavy atom. The fourth-order valence-electron chi connectivity index (χ4n) is 2.10. The van der Waals surface area contributed by atoms with Crippen molar-refractivity contribution in [3.05, 3.63) is 48.0 Å². The van der Waals surface area contributed by atoms with Crippen LogP contribution in [0.15, 0.2) is 41.8 Å². The van der Waals surface area contributed by atoms with Crippen LogP contribution >= 0.6 is 11.8 Å². The Balaban J connectivity index is 1.49. The van der Waals surface area contributed by atoms with Crippen molar-refractivity contribution in [2.75, 3.05) is 12.8 Å². The monoisotopic (exact) mass is 299 g/mol. The van der Waals surface area contributed by atoms with Crippen LogP contribution in [0.4, 0.5) is 0 Å². The Bertz CT molecular complexity index is 674. The summed E-state index contributed by atoms with van der Waals surface area (Å²) in [7, 11) is 0. The SMILES string of the molecule is CSc1ncc(CNCCc2nc3ccccc3[nH]2)cn1. The molecular weight excluding hydrogens is 282 g/mol. The summed E-state index contributed by atoms with van der Waals surface area (Å²) in [6, 6.07) is 8.08. The molecule has 0 bridgehead atoms. The number of benzene rings is 1. The lowest BCUT2D eigenvalue weighted by Crippen LogP contribution is -2.17. The fourth-order valence-corrected chi connectivity index (χ4v) is 2.42. The van der Waals surface area contributed by atoms with Gasteiger partial charge in [-0.05, 0) is 18.4 Å². The summed E-state index contributed by atoms with van der Waals surface area (Å²) in [5.74, 6) is 1.01. The van der Waals surface area contributed by atoms with Crippen LogP contribution in [0.5, 0.6) is 0 Å². The van der Waals surface area contributed by atoms with E-state index in [1.807, 2.05) is 42.9 Å². The molecule has 2 heterocycles. The summed E-state index contributed by atoms with van der Waals surface area (Å²) in [6.07, 6.45) is 6.58. The molecule has 1 aromatic carbocycles. The van der Waals surface area contributed by atoms with E-state index in [0.29, 0.717) is 0 Å². The number of nitrogens with zero attached hydrogens (tertiary/aromatic N) is 3. The third-order valence-corrected chi connectivity index (χ3v) is 3.75. The zero-order valence-corrected chi connectivity index (χ0v) is 12.7. The van der Waals surface area contributed by atoms with Crippen molar-refractivity contribution in [2.24, 2.45) is 0 Å². The average Bonchev–Trinajstić information content (AvgIpc) is 2.95. The van der Waals surface area contributed by atoms with Gasteiger partial charge in [0.05, 0.1) is 11.0 Å². The zero-order chi connectivity index (χ0) is 14.5. The fraction of sp³-hybridized carbons (Fsp3) is 0.267. The first-order valence-electron chi connectivity index (χ1n) is 6.84. The van der Waals surface area contributed by atoms with Crippen molar-refractivity contribution in [2.45, 2.75) is 18.1 Å². The largest absolute Gasteiger partial charge is 0.342 e. The summed E-state index contributed by atoms with van der Waals surface area (Å²) < 4.78 is 0. The minimum absolute atomic E-state index is 0.773. The molecule has 0 amide bonds. The summed E-state index contributed by atoms with van der Waals surface area (Å²) in [6.45, 7) is 1.64. The van der Waals surface area contributed by atoms with E-state index in [1.165, 1.54) is 0 Å². The highest BCUT2D eigenvalue weighted by molar-refractivity contribution is 7.98. The lowest BCUT2D eigenvalue weighted by molar-refractivity contribution is 0.669. The number of H-pyrrole nitrogens is 1. The molecule has 0 radical (unpaired) electrons. The van der Waals surface area contributed by atoms with Gasteiger partial charge in [0.1, 0.15) is 5.82 Å². The van der Waals surface area contributed by atoms with Crippen LogP contribution in [0.3, 0.4) is 0 Å². The number of fused-ring (bicyclic) bond motifs is 1. The summed E-state index contributed by atoms with van der Waals surface area (Å²) >= 11 is 1.55. The number of para-hydroxylation sites is 2. The van der Waals surface area contributed by atoms with E-state index in [4.69, 9.17) is 0 Å². The second-order valence-electron chi connectivity index (χ2n) is 4.71. The van der Waals surface area contributed by atoms with Gasteiger partial charge in [0, 0.05) is 37.5 Å². The molecule has 0 saturated carbocycles. The number of nitrogens with one attached hydrogen (secondary N) is 2. The number of thioether (sulfide) groups is 1.